The summed E-state index contributed by atoms with van der Waals surface area (Å²) in [7, 11) is 0. The van der Waals surface area contributed by atoms with Crippen LogP contribution in [0, 0.1) is 5.92 Å². The molecular weight excluding hydrogens is 244 g/mol. The number of amides is 1. The summed E-state index contributed by atoms with van der Waals surface area (Å²) in [5.74, 6) is 0.877. The second-order valence-electron chi connectivity index (χ2n) is 5.75. The van der Waals surface area contributed by atoms with Crippen LogP contribution in [0.3, 0.4) is 0 Å². The van der Waals surface area contributed by atoms with E-state index in [9.17, 15) is 4.79 Å². The Balaban J connectivity index is 2.56. The average Bonchev–Trinajstić information content (AvgIpc) is 2.83. The Morgan fingerprint density at radius 1 is 1.47 bits per heavy atom. The SMILES string of the molecule is CCC(CCO)CNC(=O)c1n[nH]c(C(C)(C)C)n1. The minimum absolute atomic E-state index is 0.142. The van der Waals surface area contributed by atoms with Crippen molar-refractivity contribution in [3.8, 4) is 0 Å². The standard InChI is InChI=1S/C13H24N4O2/c1-5-9(6-7-18)8-14-11(19)10-15-12(17-16-10)13(2,3)4/h9,18H,5-8H2,1-4H3,(H,14,19)(H,15,16,17). The molecule has 1 amide bonds. The number of aromatic amines is 1. The molecule has 1 aromatic rings. The average molecular weight is 268 g/mol. The molecule has 1 aromatic heterocycles. The Kier molecular flexibility index (Phi) is 5.47. The molecule has 0 aliphatic carbocycles. The van der Waals surface area contributed by atoms with Crippen LogP contribution in [0.1, 0.15) is 57.0 Å². The van der Waals surface area contributed by atoms with Gasteiger partial charge in [-0.05, 0) is 12.3 Å². The number of H-pyrrole nitrogens is 1. The molecule has 0 aromatic carbocycles. The van der Waals surface area contributed by atoms with Crippen molar-refractivity contribution in [1.82, 2.24) is 20.5 Å². The number of hydrogen-bond acceptors (Lipinski definition) is 4. The smallest absolute Gasteiger partial charge is 0.290 e. The van der Waals surface area contributed by atoms with Crippen LogP contribution in [0.15, 0.2) is 0 Å². The number of carbonyl (C=O) groups is 1. The van der Waals surface area contributed by atoms with Crippen molar-refractivity contribution in [2.75, 3.05) is 13.2 Å². The lowest BCUT2D eigenvalue weighted by Gasteiger charge is -2.13. The number of carbonyl (C=O) groups excluding carboxylic acids is 1. The van der Waals surface area contributed by atoms with Gasteiger partial charge in [0.15, 0.2) is 0 Å². The fourth-order valence-electron chi connectivity index (χ4n) is 1.65. The molecule has 0 saturated carbocycles. The third kappa shape index (κ3) is 4.63. The summed E-state index contributed by atoms with van der Waals surface area (Å²) in [6.07, 6.45) is 1.61. The van der Waals surface area contributed by atoms with Gasteiger partial charge in [-0.25, -0.2) is 4.98 Å². The van der Waals surface area contributed by atoms with Crippen LogP contribution in [0.25, 0.3) is 0 Å². The molecule has 0 fully saturated rings. The molecule has 19 heavy (non-hydrogen) atoms. The minimum atomic E-state index is -0.275. The quantitative estimate of drug-likeness (QED) is 0.724. The predicted octanol–water partition coefficient (Wildman–Crippen LogP) is 1.24. The Labute approximate surface area is 114 Å². The molecule has 0 saturated heterocycles. The first-order valence-corrected chi connectivity index (χ1v) is 6.70. The lowest BCUT2D eigenvalue weighted by molar-refractivity contribution is 0.0933. The Hall–Kier alpha value is -1.43. The fourth-order valence-corrected chi connectivity index (χ4v) is 1.65. The zero-order chi connectivity index (χ0) is 14.5. The van der Waals surface area contributed by atoms with Crippen molar-refractivity contribution in [1.29, 1.82) is 0 Å². The van der Waals surface area contributed by atoms with E-state index in [1.165, 1.54) is 0 Å². The van der Waals surface area contributed by atoms with Crippen LogP contribution < -0.4 is 5.32 Å². The van der Waals surface area contributed by atoms with Gasteiger partial charge in [0.1, 0.15) is 5.82 Å². The molecule has 6 heteroatoms. The highest BCUT2D eigenvalue weighted by Gasteiger charge is 2.21. The lowest BCUT2D eigenvalue weighted by atomic mass is 9.96. The van der Waals surface area contributed by atoms with Crippen molar-refractivity contribution >= 4 is 5.91 Å². The van der Waals surface area contributed by atoms with Crippen molar-refractivity contribution in [3.05, 3.63) is 11.6 Å². The molecule has 1 unspecified atom stereocenters. The Morgan fingerprint density at radius 3 is 2.63 bits per heavy atom. The van der Waals surface area contributed by atoms with E-state index in [1.54, 1.807) is 0 Å². The topological polar surface area (TPSA) is 90.9 Å². The molecular formula is C13H24N4O2. The zero-order valence-electron chi connectivity index (χ0n) is 12.2. The second-order valence-corrected chi connectivity index (χ2v) is 5.75. The molecule has 0 bridgehead atoms. The number of rotatable bonds is 6. The van der Waals surface area contributed by atoms with Gasteiger partial charge < -0.3 is 10.4 Å². The maximum absolute atomic E-state index is 11.9. The van der Waals surface area contributed by atoms with Crippen LogP contribution >= 0.6 is 0 Å². The number of nitrogens with zero attached hydrogens (tertiary/aromatic N) is 2. The van der Waals surface area contributed by atoms with Crippen LogP contribution in [-0.4, -0.2) is 39.3 Å². The van der Waals surface area contributed by atoms with E-state index in [1.807, 2.05) is 27.7 Å². The van der Waals surface area contributed by atoms with Crippen molar-refractivity contribution in [3.63, 3.8) is 0 Å². The molecule has 1 rings (SSSR count). The third-order valence-electron chi connectivity index (χ3n) is 3.06. The first-order valence-electron chi connectivity index (χ1n) is 6.70. The summed E-state index contributed by atoms with van der Waals surface area (Å²) >= 11 is 0. The van der Waals surface area contributed by atoms with Gasteiger partial charge in [-0.15, -0.1) is 5.10 Å². The van der Waals surface area contributed by atoms with Crippen LogP contribution in [0.5, 0.6) is 0 Å². The minimum Gasteiger partial charge on any atom is -0.396 e. The summed E-state index contributed by atoms with van der Waals surface area (Å²) in [5, 5.41) is 18.4. The lowest BCUT2D eigenvalue weighted by Crippen LogP contribution is -2.30. The molecule has 1 atom stereocenters. The summed E-state index contributed by atoms with van der Waals surface area (Å²) in [6, 6.07) is 0. The van der Waals surface area contributed by atoms with E-state index in [0.717, 1.165) is 6.42 Å². The summed E-state index contributed by atoms with van der Waals surface area (Å²) in [6.45, 7) is 8.73. The highest BCUT2D eigenvalue weighted by Crippen LogP contribution is 2.17. The largest absolute Gasteiger partial charge is 0.396 e. The molecule has 0 spiro atoms. The molecule has 0 aliphatic heterocycles. The molecule has 1 heterocycles. The summed E-state index contributed by atoms with van der Waals surface area (Å²) in [5.41, 5.74) is -0.158. The first-order chi connectivity index (χ1) is 8.88. The van der Waals surface area contributed by atoms with Gasteiger partial charge in [-0.2, -0.15) is 0 Å². The van der Waals surface area contributed by atoms with Gasteiger partial charge in [0.25, 0.3) is 5.91 Å². The highest BCUT2D eigenvalue weighted by molar-refractivity contribution is 5.90. The molecule has 0 radical (unpaired) electrons. The zero-order valence-corrected chi connectivity index (χ0v) is 12.2. The number of aliphatic hydroxyl groups is 1. The maximum Gasteiger partial charge on any atom is 0.290 e. The van der Waals surface area contributed by atoms with Gasteiger partial charge in [0.2, 0.25) is 5.82 Å². The third-order valence-corrected chi connectivity index (χ3v) is 3.06. The number of aromatic nitrogens is 3. The molecule has 3 N–H and O–H groups in total. The second kappa shape index (κ2) is 6.65. The monoisotopic (exact) mass is 268 g/mol. The van der Waals surface area contributed by atoms with E-state index >= 15 is 0 Å². The Bertz CT molecular complexity index is 409. The first kappa shape index (κ1) is 15.6. The summed E-state index contributed by atoms with van der Waals surface area (Å²) < 4.78 is 0. The van der Waals surface area contributed by atoms with E-state index in [0.29, 0.717) is 18.8 Å². The van der Waals surface area contributed by atoms with Gasteiger partial charge in [0, 0.05) is 18.6 Å². The number of aliphatic hydroxyl groups excluding tert-OH is 1. The van der Waals surface area contributed by atoms with Crippen LogP contribution in [0.4, 0.5) is 0 Å². The number of hydrogen-bond donors (Lipinski definition) is 3. The van der Waals surface area contributed by atoms with Crippen LogP contribution in [0.2, 0.25) is 0 Å². The maximum atomic E-state index is 11.9. The highest BCUT2D eigenvalue weighted by atomic mass is 16.3. The molecule has 6 nitrogen and oxygen atoms in total. The predicted molar refractivity (Wildman–Crippen MR) is 72.9 cm³/mol. The van der Waals surface area contributed by atoms with Gasteiger partial charge in [0.05, 0.1) is 0 Å². The van der Waals surface area contributed by atoms with E-state index in [4.69, 9.17) is 5.11 Å². The van der Waals surface area contributed by atoms with E-state index in [2.05, 4.69) is 20.5 Å². The van der Waals surface area contributed by atoms with E-state index in [-0.39, 0.29) is 29.7 Å². The molecule has 108 valence electrons. The fraction of sp³-hybridized carbons (Fsp3) is 0.769. The summed E-state index contributed by atoms with van der Waals surface area (Å²) in [4.78, 5) is 16.1. The Morgan fingerprint density at radius 2 is 2.16 bits per heavy atom. The number of nitrogens with one attached hydrogen (secondary N) is 2. The van der Waals surface area contributed by atoms with E-state index < -0.39 is 0 Å². The van der Waals surface area contributed by atoms with Gasteiger partial charge >= 0.3 is 0 Å². The van der Waals surface area contributed by atoms with Gasteiger partial charge in [-0.3, -0.25) is 9.89 Å². The molecule has 0 aliphatic rings. The van der Waals surface area contributed by atoms with Crippen molar-refractivity contribution in [2.45, 2.75) is 46.0 Å². The van der Waals surface area contributed by atoms with Gasteiger partial charge in [-0.1, -0.05) is 34.1 Å². The van der Waals surface area contributed by atoms with Crippen molar-refractivity contribution in [2.24, 2.45) is 5.92 Å². The van der Waals surface area contributed by atoms with Crippen molar-refractivity contribution < 1.29 is 9.90 Å². The normalized spacial score (nSPS) is 13.3. The van der Waals surface area contributed by atoms with Crippen LogP contribution in [-0.2, 0) is 5.41 Å².